The van der Waals surface area contributed by atoms with Crippen molar-refractivity contribution in [1.29, 1.82) is 0 Å². The zero-order chi connectivity index (χ0) is 13.2. The van der Waals surface area contributed by atoms with Gasteiger partial charge in [0.05, 0.1) is 5.56 Å². The maximum absolute atomic E-state index is 5.68. The van der Waals surface area contributed by atoms with Crippen LogP contribution < -0.4 is 11.1 Å². The molecule has 0 radical (unpaired) electrons. The van der Waals surface area contributed by atoms with Gasteiger partial charge in [-0.2, -0.15) is 0 Å². The van der Waals surface area contributed by atoms with E-state index in [4.69, 9.17) is 18.0 Å². The highest BCUT2D eigenvalue weighted by molar-refractivity contribution is 7.80. The number of anilines is 1. The van der Waals surface area contributed by atoms with E-state index >= 15 is 0 Å². The van der Waals surface area contributed by atoms with Crippen LogP contribution in [-0.4, -0.2) is 21.0 Å². The molecular weight excluding hydrogens is 244 g/mol. The Morgan fingerprint density at radius 2 is 2.33 bits per heavy atom. The molecular formula is C13H20N4S. The fourth-order valence-electron chi connectivity index (χ4n) is 2.64. The summed E-state index contributed by atoms with van der Waals surface area (Å²) in [6.45, 7) is 4.63. The molecule has 1 unspecified atom stereocenters. The highest BCUT2D eigenvalue weighted by Crippen LogP contribution is 2.36. The van der Waals surface area contributed by atoms with Crippen LogP contribution >= 0.6 is 12.2 Å². The molecule has 1 fully saturated rings. The molecule has 0 spiro atoms. The smallest absolute Gasteiger partial charge is 0.139 e. The number of nitrogens with one attached hydrogen (secondary N) is 1. The van der Waals surface area contributed by atoms with Crippen LogP contribution in [0, 0.1) is 5.41 Å². The van der Waals surface area contributed by atoms with E-state index in [1.165, 1.54) is 25.6 Å². The van der Waals surface area contributed by atoms with Crippen LogP contribution in [0.3, 0.4) is 0 Å². The Morgan fingerprint density at radius 3 is 3.00 bits per heavy atom. The average Bonchev–Trinajstić information content (AvgIpc) is 2.28. The fourth-order valence-corrected chi connectivity index (χ4v) is 2.79. The Bertz CT molecular complexity index is 444. The van der Waals surface area contributed by atoms with Crippen LogP contribution in [0.4, 0.5) is 5.82 Å². The normalized spacial score (nSPS) is 22.4. The Morgan fingerprint density at radius 1 is 1.56 bits per heavy atom. The molecule has 1 heterocycles. The molecule has 0 saturated heterocycles. The van der Waals surface area contributed by atoms with E-state index in [1.54, 1.807) is 6.20 Å². The molecule has 0 bridgehead atoms. The van der Waals surface area contributed by atoms with Crippen LogP contribution in [0.5, 0.6) is 0 Å². The lowest BCUT2D eigenvalue weighted by Crippen LogP contribution is -2.32. The second-order valence-electron chi connectivity index (χ2n) is 5.75. The highest BCUT2D eigenvalue weighted by atomic mass is 32.1. The zero-order valence-corrected chi connectivity index (χ0v) is 11.8. The molecule has 4 nitrogen and oxygen atoms in total. The minimum Gasteiger partial charge on any atom is -0.389 e. The van der Waals surface area contributed by atoms with Crippen molar-refractivity contribution in [3.63, 3.8) is 0 Å². The standard InChI is InChI=1S/C13H20N4S/c1-13(2)5-3-4-9(6-13)17-12-10(11(14)18)7-15-8-16-12/h7-9H,3-6H2,1-2H3,(H2,14,18)(H,15,16,17). The monoisotopic (exact) mass is 264 g/mol. The summed E-state index contributed by atoms with van der Waals surface area (Å²) in [4.78, 5) is 8.56. The van der Waals surface area contributed by atoms with Gasteiger partial charge < -0.3 is 11.1 Å². The molecule has 0 amide bonds. The van der Waals surface area contributed by atoms with Gasteiger partial charge in [0.2, 0.25) is 0 Å². The van der Waals surface area contributed by atoms with E-state index in [0.29, 0.717) is 16.4 Å². The number of hydrogen-bond acceptors (Lipinski definition) is 4. The van der Waals surface area contributed by atoms with Crippen molar-refractivity contribution in [2.75, 3.05) is 5.32 Å². The quantitative estimate of drug-likeness (QED) is 0.821. The van der Waals surface area contributed by atoms with Crippen LogP contribution in [-0.2, 0) is 0 Å². The SMILES string of the molecule is CC1(C)CCCC(Nc2ncncc2C(N)=S)C1. The molecule has 0 aliphatic heterocycles. The van der Waals surface area contributed by atoms with E-state index in [2.05, 4.69) is 29.1 Å². The number of aromatic nitrogens is 2. The van der Waals surface area contributed by atoms with E-state index in [9.17, 15) is 0 Å². The highest BCUT2D eigenvalue weighted by Gasteiger charge is 2.28. The van der Waals surface area contributed by atoms with Gasteiger partial charge in [-0.25, -0.2) is 9.97 Å². The molecule has 1 saturated carbocycles. The predicted octanol–water partition coefficient (Wildman–Crippen LogP) is 2.49. The van der Waals surface area contributed by atoms with Gasteiger partial charge in [0.1, 0.15) is 17.1 Å². The third kappa shape index (κ3) is 3.16. The van der Waals surface area contributed by atoms with Crippen LogP contribution in [0.15, 0.2) is 12.5 Å². The first-order valence-corrected chi connectivity index (χ1v) is 6.75. The van der Waals surface area contributed by atoms with Crippen molar-refractivity contribution in [2.24, 2.45) is 11.1 Å². The van der Waals surface area contributed by atoms with E-state index < -0.39 is 0 Å². The van der Waals surface area contributed by atoms with Crippen molar-refractivity contribution in [1.82, 2.24) is 9.97 Å². The lowest BCUT2D eigenvalue weighted by molar-refractivity contribution is 0.229. The minimum absolute atomic E-state index is 0.341. The molecule has 98 valence electrons. The Hall–Kier alpha value is -1.23. The summed E-state index contributed by atoms with van der Waals surface area (Å²) in [6.07, 6.45) is 8.05. The van der Waals surface area contributed by atoms with Gasteiger partial charge in [0.15, 0.2) is 0 Å². The van der Waals surface area contributed by atoms with Gasteiger partial charge in [-0.15, -0.1) is 0 Å². The molecule has 1 aliphatic carbocycles. The number of hydrogen-bond donors (Lipinski definition) is 2. The molecule has 2 rings (SSSR count). The van der Waals surface area contributed by atoms with Gasteiger partial charge in [-0.3, -0.25) is 0 Å². The average molecular weight is 264 g/mol. The molecule has 5 heteroatoms. The predicted molar refractivity (Wildman–Crippen MR) is 77.6 cm³/mol. The lowest BCUT2D eigenvalue weighted by Gasteiger charge is -2.36. The van der Waals surface area contributed by atoms with Crippen molar-refractivity contribution in [3.8, 4) is 0 Å². The summed E-state index contributed by atoms with van der Waals surface area (Å²) in [5.41, 5.74) is 6.81. The van der Waals surface area contributed by atoms with Crippen molar-refractivity contribution >= 4 is 23.0 Å². The lowest BCUT2D eigenvalue weighted by atomic mass is 9.75. The summed E-state index contributed by atoms with van der Waals surface area (Å²) in [7, 11) is 0. The molecule has 0 aromatic carbocycles. The third-order valence-electron chi connectivity index (χ3n) is 3.52. The van der Waals surface area contributed by atoms with E-state index in [-0.39, 0.29) is 0 Å². The maximum Gasteiger partial charge on any atom is 0.139 e. The van der Waals surface area contributed by atoms with E-state index in [1.807, 2.05) is 0 Å². The first kappa shape index (κ1) is 13.2. The summed E-state index contributed by atoms with van der Waals surface area (Å²) >= 11 is 5.02. The van der Waals surface area contributed by atoms with Gasteiger partial charge in [0, 0.05) is 12.2 Å². The molecule has 18 heavy (non-hydrogen) atoms. The van der Waals surface area contributed by atoms with Gasteiger partial charge in [-0.1, -0.05) is 32.5 Å². The third-order valence-corrected chi connectivity index (χ3v) is 3.74. The molecule has 1 aromatic rings. The Balaban J connectivity index is 2.12. The second-order valence-corrected chi connectivity index (χ2v) is 6.19. The zero-order valence-electron chi connectivity index (χ0n) is 10.9. The number of rotatable bonds is 3. The maximum atomic E-state index is 5.68. The minimum atomic E-state index is 0.341. The summed E-state index contributed by atoms with van der Waals surface area (Å²) in [5, 5.41) is 3.47. The second kappa shape index (κ2) is 5.18. The molecule has 1 aromatic heterocycles. The Labute approximate surface area is 113 Å². The number of nitrogens with two attached hydrogens (primary N) is 1. The molecule has 1 aliphatic rings. The van der Waals surface area contributed by atoms with Gasteiger partial charge in [-0.05, 0) is 24.7 Å². The largest absolute Gasteiger partial charge is 0.389 e. The first-order chi connectivity index (χ1) is 8.48. The van der Waals surface area contributed by atoms with Crippen LogP contribution in [0.1, 0.15) is 45.1 Å². The Kier molecular flexibility index (Phi) is 3.80. The number of nitrogens with zero attached hydrogens (tertiary/aromatic N) is 2. The summed E-state index contributed by atoms with van der Waals surface area (Å²) < 4.78 is 0. The van der Waals surface area contributed by atoms with Crippen LogP contribution in [0.25, 0.3) is 0 Å². The van der Waals surface area contributed by atoms with Crippen molar-refractivity contribution in [3.05, 3.63) is 18.1 Å². The van der Waals surface area contributed by atoms with Crippen molar-refractivity contribution < 1.29 is 0 Å². The first-order valence-electron chi connectivity index (χ1n) is 6.34. The summed E-state index contributed by atoms with van der Waals surface area (Å²) in [6, 6.07) is 0.441. The summed E-state index contributed by atoms with van der Waals surface area (Å²) in [5.74, 6) is 0.764. The van der Waals surface area contributed by atoms with Gasteiger partial charge in [0.25, 0.3) is 0 Å². The van der Waals surface area contributed by atoms with Crippen molar-refractivity contribution in [2.45, 2.75) is 45.6 Å². The van der Waals surface area contributed by atoms with Crippen LogP contribution in [0.2, 0.25) is 0 Å². The molecule has 1 atom stereocenters. The van der Waals surface area contributed by atoms with E-state index in [0.717, 1.165) is 17.8 Å². The topological polar surface area (TPSA) is 63.8 Å². The van der Waals surface area contributed by atoms with Gasteiger partial charge >= 0.3 is 0 Å². The molecule has 3 N–H and O–H groups in total. The number of thiocarbonyl (C=S) groups is 1. The fraction of sp³-hybridized carbons (Fsp3) is 0.615.